The molecule has 0 saturated heterocycles. The molecule has 0 bridgehead atoms. The van der Waals surface area contributed by atoms with Gasteiger partial charge in [-0.3, -0.25) is 14.7 Å². The number of halogens is 2. The fourth-order valence-electron chi connectivity index (χ4n) is 4.80. The summed E-state index contributed by atoms with van der Waals surface area (Å²) in [5, 5.41) is 24.7. The average Bonchev–Trinajstić information content (AvgIpc) is 3.36. The first-order valence-corrected chi connectivity index (χ1v) is 12.9. The van der Waals surface area contributed by atoms with Gasteiger partial charge in [0, 0.05) is 24.9 Å². The maximum atomic E-state index is 15.2. The van der Waals surface area contributed by atoms with Gasteiger partial charge in [-0.1, -0.05) is 6.07 Å². The average molecular weight is 559 g/mol. The van der Waals surface area contributed by atoms with Gasteiger partial charge in [-0.05, 0) is 67.3 Å². The van der Waals surface area contributed by atoms with E-state index in [1.807, 2.05) is 0 Å². The largest absolute Gasteiger partial charge is 0.453 e. The van der Waals surface area contributed by atoms with Gasteiger partial charge in [0.2, 0.25) is 0 Å². The van der Waals surface area contributed by atoms with Crippen LogP contribution in [0.15, 0.2) is 71.8 Å². The van der Waals surface area contributed by atoms with Crippen molar-refractivity contribution >= 4 is 22.6 Å². The highest BCUT2D eigenvalue weighted by atomic mass is 19.1. The van der Waals surface area contributed by atoms with Gasteiger partial charge in [-0.2, -0.15) is 14.9 Å². The van der Waals surface area contributed by atoms with Crippen molar-refractivity contribution in [1.82, 2.24) is 25.0 Å². The lowest BCUT2D eigenvalue weighted by atomic mass is 9.77. The smallest absolute Gasteiger partial charge is 0.282 e. The Kier molecular flexibility index (Phi) is 6.75. The maximum Gasteiger partial charge on any atom is 0.282 e. The normalized spacial score (nSPS) is 14.0. The van der Waals surface area contributed by atoms with E-state index in [1.54, 1.807) is 6.07 Å². The molecule has 1 fully saturated rings. The molecule has 2 aromatic carbocycles. The summed E-state index contributed by atoms with van der Waals surface area (Å²) in [6, 6.07) is 12.1. The number of pyridine rings is 1. The quantitative estimate of drug-likeness (QED) is 0.228. The molecule has 0 radical (unpaired) electrons. The van der Waals surface area contributed by atoms with Crippen LogP contribution in [-0.2, 0) is 6.42 Å². The van der Waals surface area contributed by atoms with Crippen molar-refractivity contribution in [1.29, 1.82) is 0 Å². The minimum absolute atomic E-state index is 0.0494. The van der Waals surface area contributed by atoms with Crippen LogP contribution in [0.3, 0.4) is 0 Å². The van der Waals surface area contributed by atoms with Gasteiger partial charge >= 0.3 is 0 Å². The van der Waals surface area contributed by atoms with E-state index in [9.17, 15) is 19.1 Å². The van der Waals surface area contributed by atoms with Crippen LogP contribution in [0.25, 0.3) is 16.7 Å². The standard InChI is InChI=1S/C29H24F2N6O4/c30-18-3-5-19(6-4-18)37-28(40)20(8-13-33-37)22(39)15-17-2-7-23(21(31)14-17)41-24-9-12-32-26-25(24)27(36-35-26)34-29(16-38)10-1-11-29/h2-9,12-14,38H,1,10-11,15-16H2,(H2,32,34,35,36). The number of rotatable bonds is 9. The number of carbonyl (C=O) groups is 1. The zero-order valence-electron chi connectivity index (χ0n) is 21.6. The third kappa shape index (κ3) is 5.05. The number of hydrogen-bond acceptors (Lipinski definition) is 8. The monoisotopic (exact) mass is 558 g/mol. The Morgan fingerprint density at radius 2 is 1.88 bits per heavy atom. The number of anilines is 1. The van der Waals surface area contributed by atoms with E-state index in [4.69, 9.17) is 4.74 Å². The summed E-state index contributed by atoms with van der Waals surface area (Å²) >= 11 is 0. The van der Waals surface area contributed by atoms with Gasteiger partial charge in [0.1, 0.15) is 17.0 Å². The van der Waals surface area contributed by atoms with E-state index in [1.165, 1.54) is 60.9 Å². The Bertz CT molecular complexity index is 1810. The van der Waals surface area contributed by atoms with Gasteiger partial charge in [-0.25, -0.2) is 13.8 Å². The van der Waals surface area contributed by atoms with Crippen LogP contribution in [0.2, 0.25) is 0 Å². The minimum atomic E-state index is -0.706. The summed E-state index contributed by atoms with van der Waals surface area (Å²) < 4.78 is 35.4. The number of aromatic nitrogens is 5. The number of carbonyl (C=O) groups excluding carboxylic acids is 1. The lowest BCUT2D eigenvalue weighted by Gasteiger charge is -2.41. The second-order valence-electron chi connectivity index (χ2n) is 9.93. The fourth-order valence-corrected chi connectivity index (χ4v) is 4.80. The Morgan fingerprint density at radius 1 is 1.07 bits per heavy atom. The summed E-state index contributed by atoms with van der Waals surface area (Å²) in [5.41, 5.74) is -0.185. The molecule has 10 nitrogen and oxygen atoms in total. The number of nitrogens with one attached hydrogen (secondary N) is 2. The summed E-state index contributed by atoms with van der Waals surface area (Å²) in [5.74, 6) is -1.03. The third-order valence-electron chi connectivity index (χ3n) is 7.22. The molecule has 208 valence electrons. The molecular weight excluding hydrogens is 534 g/mol. The predicted octanol–water partition coefficient (Wildman–Crippen LogP) is 4.33. The lowest BCUT2D eigenvalue weighted by molar-refractivity contribution is 0.0991. The SMILES string of the molecule is O=C(Cc1ccc(Oc2ccnc3[nH]nc(NC4(CO)CCC4)c23)c(F)c1)c1ccnn(-c2ccc(F)cc2)c1=O. The molecule has 0 spiro atoms. The molecule has 0 aliphatic heterocycles. The van der Waals surface area contributed by atoms with Gasteiger partial charge in [0.25, 0.3) is 5.56 Å². The molecule has 0 unspecified atom stereocenters. The number of aromatic amines is 1. The number of Topliss-reactive ketones (excluding diaryl/α,β-unsaturated/α-hetero) is 1. The van der Waals surface area contributed by atoms with Gasteiger partial charge in [0.05, 0.1) is 23.4 Å². The van der Waals surface area contributed by atoms with Crippen LogP contribution in [0.4, 0.5) is 14.6 Å². The highest BCUT2D eigenvalue weighted by Crippen LogP contribution is 2.39. The van der Waals surface area contributed by atoms with Crippen LogP contribution in [-0.4, -0.2) is 48.0 Å². The van der Waals surface area contributed by atoms with Gasteiger partial charge in [-0.15, -0.1) is 0 Å². The maximum absolute atomic E-state index is 15.2. The first-order chi connectivity index (χ1) is 19.9. The molecule has 3 aromatic heterocycles. The number of ether oxygens (including phenoxy) is 1. The minimum Gasteiger partial charge on any atom is -0.453 e. The molecule has 1 aliphatic carbocycles. The molecule has 12 heteroatoms. The molecule has 41 heavy (non-hydrogen) atoms. The Hall–Kier alpha value is -4.97. The summed E-state index contributed by atoms with van der Waals surface area (Å²) in [6.45, 7) is -0.0494. The van der Waals surface area contributed by atoms with Crippen molar-refractivity contribution in [2.24, 2.45) is 0 Å². The van der Waals surface area contributed by atoms with Crippen molar-refractivity contribution in [3.8, 4) is 17.2 Å². The van der Waals surface area contributed by atoms with Crippen molar-refractivity contribution in [2.45, 2.75) is 31.2 Å². The number of benzene rings is 2. The fraction of sp³-hybridized carbons (Fsp3) is 0.207. The summed E-state index contributed by atoms with van der Waals surface area (Å²) in [7, 11) is 0. The Morgan fingerprint density at radius 3 is 2.59 bits per heavy atom. The van der Waals surface area contributed by atoms with Crippen LogP contribution in [0.5, 0.6) is 11.5 Å². The highest BCUT2D eigenvalue weighted by Gasteiger charge is 2.37. The van der Waals surface area contributed by atoms with Crippen molar-refractivity contribution in [2.75, 3.05) is 11.9 Å². The summed E-state index contributed by atoms with van der Waals surface area (Å²) in [4.78, 5) is 30.2. The Balaban J connectivity index is 1.22. The molecule has 1 saturated carbocycles. The molecule has 3 heterocycles. The van der Waals surface area contributed by atoms with E-state index in [0.717, 1.165) is 23.9 Å². The zero-order valence-corrected chi connectivity index (χ0v) is 21.6. The topological polar surface area (TPSA) is 135 Å². The van der Waals surface area contributed by atoms with Crippen LogP contribution >= 0.6 is 0 Å². The van der Waals surface area contributed by atoms with Gasteiger partial charge in [0.15, 0.2) is 28.8 Å². The lowest BCUT2D eigenvalue weighted by Crippen LogP contribution is -2.48. The first kappa shape index (κ1) is 26.3. The highest BCUT2D eigenvalue weighted by molar-refractivity contribution is 5.97. The summed E-state index contributed by atoms with van der Waals surface area (Å²) in [6.07, 6.45) is 5.15. The number of hydrogen-bond donors (Lipinski definition) is 3. The number of nitrogens with zero attached hydrogens (tertiary/aromatic N) is 4. The number of H-pyrrole nitrogens is 1. The number of ketones is 1. The predicted molar refractivity (Wildman–Crippen MR) is 145 cm³/mol. The van der Waals surface area contributed by atoms with Gasteiger partial charge < -0.3 is 15.2 Å². The molecule has 0 atom stereocenters. The van der Waals surface area contributed by atoms with Crippen LogP contribution in [0.1, 0.15) is 35.2 Å². The molecule has 5 aromatic rings. The number of aliphatic hydroxyl groups is 1. The first-order valence-electron chi connectivity index (χ1n) is 12.9. The molecular formula is C29H24F2N6O4. The number of fused-ring (bicyclic) bond motifs is 1. The second-order valence-corrected chi connectivity index (χ2v) is 9.93. The van der Waals surface area contributed by atoms with Crippen LogP contribution in [0, 0.1) is 11.6 Å². The molecule has 0 amide bonds. The van der Waals surface area contributed by atoms with Crippen molar-refractivity contribution in [3.63, 3.8) is 0 Å². The zero-order chi connectivity index (χ0) is 28.6. The van der Waals surface area contributed by atoms with E-state index in [2.05, 4.69) is 25.6 Å². The second kappa shape index (κ2) is 10.5. The third-order valence-corrected chi connectivity index (χ3v) is 7.22. The van der Waals surface area contributed by atoms with E-state index < -0.39 is 28.5 Å². The Labute approximate surface area is 231 Å². The van der Waals surface area contributed by atoms with Crippen molar-refractivity contribution < 1.29 is 23.4 Å². The van der Waals surface area contributed by atoms with E-state index in [0.29, 0.717) is 33.9 Å². The number of aliphatic hydroxyl groups excluding tert-OH is 1. The molecule has 1 aliphatic rings. The van der Waals surface area contributed by atoms with E-state index >= 15 is 4.39 Å². The van der Waals surface area contributed by atoms with Crippen LogP contribution < -0.4 is 15.6 Å². The van der Waals surface area contributed by atoms with Crippen molar-refractivity contribution in [3.05, 3.63) is 100 Å². The molecule has 3 N–H and O–H groups in total. The van der Waals surface area contributed by atoms with E-state index in [-0.39, 0.29) is 24.3 Å². The molecule has 6 rings (SSSR count).